The van der Waals surface area contributed by atoms with Crippen molar-refractivity contribution in [2.45, 2.75) is 45.6 Å². The first-order valence-corrected chi connectivity index (χ1v) is 6.71. The molecule has 1 fully saturated rings. The second-order valence-corrected chi connectivity index (χ2v) is 4.75. The maximum absolute atomic E-state index is 5.69. The van der Waals surface area contributed by atoms with Crippen LogP contribution in [0.25, 0.3) is 0 Å². The van der Waals surface area contributed by atoms with Crippen LogP contribution in [0.1, 0.15) is 39.5 Å². The molecule has 3 nitrogen and oxygen atoms in total. The van der Waals surface area contributed by atoms with Crippen molar-refractivity contribution in [3.05, 3.63) is 0 Å². The molecular formula is C13H27NO2. The van der Waals surface area contributed by atoms with Gasteiger partial charge < -0.3 is 14.8 Å². The molecule has 1 aliphatic rings. The van der Waals surface area contributed by atoms with Crippen molar-refractivity contribution in [1.29, 1.82) is 0 Å². The Bertz CT molecular complexity index is 158. The minimum absolute atomic E-state index is 0.635. The van der Waals surface area contributed by atoms with Crippen LogP contribution in [0.5, 0.6) is 0 Å². The molecule has 1 aliphatic heterocycles. The summed E-state index contributed by atoms with van der Waals surface area (Å²) >= 11 is 0. The molecule has 1 N–H and O–H groups in total. The third kappa shape index (κ3) is 6.46. The molecule has 1 atom stereocenters. The Balaban J connectivity index is 1.84. The van der Waals surface area contributed by atoms with Gasteiger partial charge in [0, 0.05) is 32.5 Å². The van der Waals surface area contributed by atoms with E-state index in [1.807, 2.05) is 0 Å². The third-order valence-electron chi connectivity index (χ3n) is 3.27. The van der Waals surface area contributed by atoms with Crippen molar-refractivity contribution in [3.8, 4) is 0 Å². The van der Waals surface area contributed by atoms with Gasteiger partial charge in [-0.3, -0.25) is 0 Å². The van der Waals surface area contributed by atoms with E-state index in [1.54, 1.807) is 0 Å². The minimum atomic E-state index is 0.635. The van der Waals surface area contributed by atoms with Crippen LogP contribution < -0.4 is 5.32 Å². The Kier molecular flexibility index (Phi) is 7.81. The van der Waals surface area contributed by atoms with Crippen LogP contribution >= 0.6 is 0 Å². The first-order valence-electron chi connectivity index (χ1n) is 6.71. The molecule has 1 rings (SSSR count). The normalized spacial score (nSPS) is 19.9. The van der Waals surface area contributed by atoms with Crippen molar-refractivity contribution < 1.29 is 9.47 Å². The van der Waals surface area contributed by atoms with E-state index >= 15 is 0 Å². The van der Waals surface area contributed by atoms with Crippen molar-refractivity contribution >= 4 is 0 Å². The van der Waals surface area contributed by atoms with Gasteiger partial charge in [-0.2, -0.15) is 0 Å². The summed E-state index contributed by atoms with van der Waals surface area (Å²) in [5.41, 5.74) is 0. The molecule has 0 aromatic rings. The zero-order valence-electron chi connectivity index (χ0n) is 10.8. The standard InChI is InChI=1S/C13H27NO2/c1-3-12(2)14-7-4-8-16-11-13-5-9-15-10-6-13/h12-14H,3-11H2,1-2H3. The van der Waals surface area contributed by atoms with Crippen LogP contribution in [0.15, 0.2) is 0 Å². The minimum Gasteiger partial charge on any atom is -0.381 e. The van der Waals surface area contributed by atoms with Gasteiger partial charge in [0.25, 0.3) is 0 Å². The lowest BCUT2D eigenvalue weighted by atomic mass is 10.0. The van der Waals surface area contributed by atoms with E-state index in [-0.39, 0.29) is 0 Å². The van der Waals surface area contributed by atoms with Gasteiger partial charge in [0.15, 0.2) is 0 Å². The fourth-order valence-corrected chi connectivity index (χ4v) is 1.83. The molecule has 0 spiro atoms. The highest BCUT2D eigenvalue weighted by atomic mass is 16.5. The first-order chi connectivity index (χ1) is 7.83. The molecule has 1 saturated heterocycles. The number of hydrogen-bond acceptors (Lipinski definition) is 3. The molecule has 0 aromatic carbocycles. The summed E-state index contributed by atoms with van der Waals surface area (Å²) in [7, 11) is 0. The van der Waals surface area contributed by atoms with Crippen molar-refractivity contribution in [2.75, 3.05) is 33.0 Å². The average molecular weight is 229 g/mol. The summed E-state index contributed by atoms with van der Waals surface area (Å²) in [6, 6.07) is 0.635. The van der Waals surface area contributed by atoms with Gasteiger partial charge in [-0.05, 0) is 45.1 Å². The van der Waals surface area contributed by atoms with Gasteiger partial charge in [0.1, 0.15) is 0 Å². The number of nitrogens with one attached hydrogen (secondary N) is 1. The lowest BCUT2D eigenvalue weighted by Gasteiger charge is -2.21. The lowest BCUT2D eigenvalue weighted by molar-refractivity contribution is 0.0201. The van der Waals surface area contributed by atoms with Crippen molar-refractivity contribution in [3.63, 3.8) is 0 Å². The predicted octanol–water partition coefficient (Wildman–Crippen LogP) is 2.21. The quantitative estimate of drug-likeness (QED) is 0.647. The third-order valence-corrected chi connectivity index (χ3v) is 3.27. The molecule has 0 bridgehead atoms. The largest absolute Gasteiger partial charge is 0.381 e. The van der Waals surface area contributed by atoms with Gasteiger partial charge >= 0.3 is 0 Å². The highest BCUT2D eigenvalue weighted by molar-refractivity contribution is 4.62. The van der Waals surface area contributed by atoms with Crippen LogP contribution in [0.4, 0.5) is 0 Å². The second kappa shape index (κ2) is 8.97. The van der Waals surface area contributed by atoms with E-state index in [9.17, 15) is 0 Å². The molecule has 0 saturated carbocycles. The van der Waals surface area contributed by atoms with Crippen LogP contribution in [0, 0.1) is 5.92 Å². The topological polar surface area (TPSA) is 30.5 Å². The molecule has 1 unspecified atom stereocenters. The SMILES string of the molecule is CCC(C)NCCCOCC1CCOCC1. The number of rotatable bonds is 8. The molecule has 96 valence electrons. The molecule has 1 heterocycles. The first kappa shape index (κ1) is 13.9. The maximum atomic E-state index is 5.69. The lowest BCUT2D eigenvalue weighted by Crippen LogP contribution is -2.27. The van der Waals surface area contributed by atoms with Gasteiger partial charge in [0.05, 0.1) is 0 Å². The molecule has 0 aliphatic carbocycles. The molecule has 0 radical (unpaired) electrons. The predicted molar refractivity (Wildman–Crippen MR) is 66.7 cm³/mol. The Labute approximate surface area is 99.9 Å². The maximum Gasteiger partial charge on any atom is 0.0495 e. The average Bonchev–Trinajstić information content (AvgIpc) is 2.34. The monoisotopic (exact) mass is 229 g/mol. The van der Waals surface area contributed by atoms with E-state index in [0.29, 0.717) is 6.04 Å². The highest BCUT2D eigenvalue weighted by Crippen LogP contribution is 2.14. The van der Waals surface area contributed by atoms with Gasteiger partial charge in [-0.1, -0.05) is 6.92 Å². The second-order valence-electron chi connectivity index (χ2n) is 4.75. The van der Waals surface area contributed by atoms with E-state index in [0.717, 1.165) is 45.3 Å². The zero-order chi connectivity index (χ0) is 11.6. The Hall–Kier alpha value is -0.120. The van der Waals surface area contributed by atoms with Crippen LogP contribution in [0.2, 0.25) is 0 Å². The zero-order valence-corrected chi connectivity index (χ0v) is 10.8. The van der Waals surface area contributed by atoms with Crippen LogP contribution in [0.3, 0.4) is 0 Å². The summed E-state index contributed by atoms with van der Waals surface area (Å²) in [4.78, 5) is 0. The Morgan fingerprint density at radius 3 is 2.81 bits per heavy atom. The molecular weight excluding hydrogens is 202 g/mol. The van der Waals surface area contributed by atoms with Gasteiger partial charge in [-0.25, -0.2) is 0 Å². The fraction of sp³-hybridized carbons (Fsp3) is 1.00. The summed E-state index contributed by atoms with van der Waals surface area (Å²) in [6.07, 6.45) is 4.66. The van der Waals surface area contributed by atoms with E-state index in [2.05, 4.69) is 19.2 Å². The molecule has 3 heteroatoms. The van der Waals surface area contributed by atoms with E-state index in [1.165, 1.54) is 19.3 Å². The summed E-state index contributed by atoms with van der Waals surface area (Å²) < 4.78 is 11.0. The fourth-order valence-electron chi connectivity index (χ4n) is 1.83. The van der Waals surface area contributed by atoms with Crippen LogP contribution in [-0.2, 0) is 9.47 Å². The van der Waals surface area contributed by atoms with Crippen molar-refractivity contribution in [1.82, 2.24) is 5.32 Å². The van der Waals surface area contributed by atoms with Crippen LogP contribution in [-0.4, -0.2) is 39.0 Å². The summed E-state index contributed by atoms with van der Waals surface area (Å²) in [6.45, 7) is 9.16. The smallest absolute Gasteiger partial charge is 0.0495 e. The number of hydrogen-bond donors (Lipinski definition) is 1. The van der Waals surface area contributed by atoms with Gasteiger partial charge in [-0.15, -0.1) is 0 Å². The molecule has 0 amide bonds. The highest BCUT2D eigenvalue weighted by Gasteiger charge is 2.13. The molecule has 0 aromatic heterocycles. The summed E-state index contributed by atoms with van der Waals surface area (Å²) in [5.74, 6) is 0.733. The molecule has 16 heavy (non-hydrogen) atoms. The van der Waals surface area contributed by atoms with Gasteiger partial charge in [0.2, 0.25) is 0 Å². The summed E-state index contributed by atoms with van der Waals surface area (Å²) in [5, 5.41) is 3.47. The van der Waals surface area contributed by atoms with E-state index < -0.39 is 0 Å². The Morgan fingerprint density at radius 1 is 1.38 bits per heavy atom. The Morgan fingerprint density at radius 2 is 2.12 bits per heavy atom. The van der Waals surface area contributed by atoms with E-state index in [4.69, 9.17) is 9.47 Å². The number of ether oxygens (including phenoxy) is 2. The van der Waals surface area contributed by atoms with Crippen molar-refractivity contribution in [2.24, 2.45) is 5.92 Å².